The van der Waals surface area contributed by atoms with Crippen LogP contribution in [0.15, 0.2) is 11.1 Å². The summed E-state index contributed by atoms with van der Waals surface area (Å²) in [7, 11) is -0.360. The number of aromatic nitrogens is 2. The lowest BCUT2D eigenvalue weighted by Gasteiger charge is -1.93. The van der Waals surface area contributed by atoms with Crippen LogP contribution in [0.5, 0.6) is 0 Å². The van der Waals surface area contributed by atoms with Crippen molar-refractivity contribution in [1.29, 1.82) is 0 Å². The van der Waals surface area contributed by atoms with E-state index < -0.39 is 23.1 Å². The molecule has 12 heavy (non-hydrogen) atoms. The number of nitrogens with zero attached hydrogens (tertiary/aromatic N) is 2. The number of aryl methyl sites for hydroxylation is 1. The van der Waals surface area contributed by atoms with E-state index in [2.05, 4.69) is 5.10 Å². The lowest BCUT2D eigenvalue weighted by molar-refractivity contribution is 0.145. The van der Waals surface area contributed by atoms with E-state index in [4.69, 9.17) is 5.14 Å². The molecule has 0 aliphatic heterocycles. The third-order valence-electron chi connectivity index (χ3n) is 1.29. The molecular weight excluding hydrogens is 188 g/mol. The molecule has 0 aliphatic carbocycles. The molecule has 0 saturated heterocycles. The van der Waals surface area contributed by atoms with E-state index in [0.29, 0.717) is 0 Å². The molecule has 1 heterocycles. The fourth-order valence-corrected chi connectivity index (χ4v) is 1.30. The minimum absolute atomic E-state index is 0.0882. The summed E-state index contributed by atoms with van der Waals surface area (Å²) >= 11 is 0. The fourth-order valence-electron chi connectivity index (χ4n) is 0.766. The van der Waals surface area contributed by atoms with Crippen molar-refractivity contribution in [3.8, 4) is 0 Å². The minimum Gasteiger partial charge on any atom is -0.258 e. The van der Waals surface area contributed by atoms with Crippen molar-refractivity contribution in [2.45, 2.75) is 11.5 Å². The SMILES string of the molecule is Cn1nc(C(F)F)cc1S(N)=O. The van der Waals surface area contributed by atoms with Crippen LogP contribution in [0.4, 0.5) is 8.78 Å². The van der Waals surface area contributed by atoms with Gasteiger partial charge >= 0.3 is 0 Å². The van der Waals surface area contributed by atoms with Gasteiger partial charge in [0, 0.05) is 13.1 Å². The molecule has 1 aromatic heterocycles. The third kappa shape index (κ3) is 1.67. The molecule has 1 atom stereocenters. The van der Waals surface area contributed by atoms with Gasteiger partial charge in [-0.25, -0.2) is 18.1 Å². The summed E-state index contributed by atoms with van der Waals surface area (Å²) in [6.45, 7) is 0. The van der Waals surface area contributed by atoms with Gasteiger partial charge < -0.3 is 0 Å². The van der Waals surface area contributed by atoms with Gasteiger partial charge in [0.1, 0.15) is 21.7 Å². The molecule has 0 radical (unpaired) electrons. The number of halogens is 2. The summed E-state index contributed by atoms with van der Waals surface area (Å²) < 4.78 is 35.8. The average Bonchev–Trinajstić information content (AvgIpc) is 2.30. The molecule has 1 unspecified atom stereocenters. The standard InChI is InChI=1S/C5H7F2N3OS/c1-10-4(12(8)11)2-3(9-10)5(6)7/h2,5H,8H2,1H3. The summed E-state index contributed by atoms with van der Waals surface area (Å²) in [5.74, 6) is 0. The monoisotopic (exact) mass is 195 g/mol. The van der Waals surface area contributed by atoms with Gasteiger partial charge in [-0.05, 0) is 0 Å². The second kappa shape index (κ2) is 3.28. The fraction of sp³-hybridized carbons (Fsp3) is 0.400. The molecule has 1 aromatic rings. The molecule has 0 saturated carbocycles. The first-order valence-corrected chi connectivity index (χ1v) is 4.22. The van der Waals surface area contributed by atoms with E-state index in [1.54, 1.807) is 0 Å². The number of nitrogens with two attached hydrogens (primary N) is 1. The zero-order chi connectivity index (χ0) is 9.30. The van der Waals surface area contributed by atoms with Gasteiger partial charge in [-0.3, -0.25) is 4.68 Å². The van der Waals surface area contributed by atoms with Gasteiger partial charge in [-0.15, -0.1) is 0 Å². The van der Waals surface area contributed by atoms with E-state index >= 15 is 0 Å². The van der Waals surface area contributed by atoms with Crippen molar-refractivity contribution < 1.29 is 13.0 Å². The molecule has 0 aliphatic rings. The Morgan fingerprint density at radius 3 is 2.58 bits per heavy atom. The Balaban J connectivity index is 3.09. The zero-order valence-electron chi connectivity index (χ0n) is 6.20. The molecule has 2 N–H and O–H groups in total. The van der Waals surface area contributed by atoms with Crippen molar-refractivity contribution in [2.24, 2.45) is 12.2 Å². The molecule has 1 rings (SSSR count). The average molecular weight is 195 g/mol. The number of rotatable bonds is 2. The Morgan fingerprint density at radius 1 is 1.75 bits per heavy atom. The first kappa shape index (κ1) is 9.27. The number of hydrogen-bond donors (Lipinski definition) is 1. The molecule has 0 amide bonds. The van der Waals surface area contributed by atoms with Gasteiger partial charge in [0.2, 0.25) is 0 Å². The van der Waals surface area contributed by atoms with E-state index in [1.165, 1.54) is 7.05 Å². The molecule has 0 spiro atoms. The van der Waals surface area contributed by atoms with E-state index in [9.17, 15) is 13.0 Å². The summed E-state index contributed by atoms with van der Waals surface area (Å²) in [6.07, 6.45) is -2.66. The van der Waals surface area contributed by atoms with Gasteiger partial charge in [0.25, 0.3) is 6.43 Å². The van der Waals surface area contributed by atoms with Crippen LogP contribution in [0.2, 0.25) is 0 Å². The molecule has 7 heteroatoms. The lowest BCUT2D eigenvalue weighted by atomic mass is 10.5. The molecule has 4 nitrogen and oxygen atoms in total. The topological polar surface area (TPSA) is 60.9 Å². The summed E-state index contributed by atoms with van der Waals surface area (Å²) in [6, 6.07) is 1.03. The minimum atomic E-state index is -2.66. The number of alkyl halides is 2. The normalized spacial score (nSPS) is 13.8. The number of hydrogen-bond acceptors (Lipinski definition) is 2. The van der Waals surface area contributed by atoms with Gasteiger partial charge in [0.05, 0.1) is 0 Å². The largest absolute Gasteiger partial charge is 0.282 e. The zero-order valence-corrected chi connectivity index (χ0v) is 7.02. The maximum absolute atomic E-state index is 12.0. The van der Waals surface area contributed by atoms with Crippen molar-refractivity contribution >= 4 is 11.0 Å². The van der Waals surface area contributed by atoms with Crippen LogP contribution in [-0.4, -0.2) is 14.0 Å². The van der Waals surface area contributed by atoms with E-state index in [1.807, 2.05) is 0 Å². The Bertz CT molecular complexity index is 312. The maximum atomic E-state index is 12.0. The quantitative estimate of drug-likeness (QED) is 0.739. The van der Waals surface area contributed by atoms with Crippen molar-refractivity contribution in [3.05, 3.63) is 11.8 Å². The third-order valence-corrected chi connectivity index (χ3v) is 2.08. The Hall–Kier alpha value is -0.820. The summed E-state index contributed by atoms with van der Waals surface area (Å²) in [4.78, 5) is 0. The van der Waals surface area contributed by atoms with Gasteiger partial charge in [-0.1, -0.05) is 0 Å². The highest BCUT2D eigenvalue weighted by Crippen LogP contribution is 2.18. The lowest BCUT2D eigenvalue weighted by Crippen LogP contribution is -2.08. The summed E-state index contributed by atoms with van der Waals surface area (Å²) in [5, 5.41) is 8.51. The van der Waals surface area contributed by atoms with E-state index in [0.717, 1.165) is 10.7 Å². The smallest absolute Gasteiger partial charge is 0.258 e. The first-order valence-electron chi connectivity index (χ1n) is 3.00. The van der Waals surface area contributed by atoms with Crippen LogP contribution in [0.3, 0.4) is 0 Å². The van der Waals surface area contributed by atoms with Crippen molar-refractivity contribution in [1.82, 2.24) is 9.78 Å². The Morgan fingerprint density at radius 2 is 2.33 bits per heavy atom. The van der Waals surface area contributed by atoms with Crippen LogP contribution in [0, 0.1) is 0 Å². The van der Waals surface area contributed by atoms with Crippen molar-refractivity contribution in [2.75, 3.05) is 0 Å². The molecule has 0 fully saturated rings. The Labute approximate surface area is 69.9 Å². The predicted octanol–water partition coefficient (Wildman–Crippen LogP) is 0.339. The van der Waals surface area contributed by atoms with Crippen LogP contribution in [0.25, 0.3) is 0 Å². The highest BCUT2D eigenvalue weighted by atomic mass is 32.2. The van der Waals surface area contributed by atoms with Crippen LogP contribution >= 0.6 is 0 Å². The van der Waals surface area contributed by atoms with Crippen LogP contribution in [-0.2, 0) is 18.0 Å². The van der Waals surface area contributed by atoms with E-state index in [-0.39, 0.29) is 5.03 Å². The van der Waals surface area contributed by atoms with Gasteiger partial charge in [0.15, 0.2) is 0 Å². The highest BCUT2D eigenvalue weighted by molar-refractivity contribution is 7.82. The first-order chi connectivity index (χ1) is 5.52. The second-order valence-electron chi connectivity index (χ2n) is 2.13. The Kier molecular flexibility index (Phi) is 2.53. The maximum Gasteiger partial charge on any atom is 0.282 e. The highest BCUT2D eigenvalue weighted by Gasteiger charge is 2.15. The molecular formula is C5H7F2N3OS. The summed E-state index contributed by atoms with van der Waals surface area (Å²) in [5.41, 5.74) is -0.411. The van der Waals surface area contributed by atoms with Crippen LogP contribution in [0.1, 0.15) is 12.1 Å². The second-order valence-corrected chi connectivity index (χ2v) is 3.14. The van der Waals surface area contributed by atoms with Crippen LogP contribution < -0.4 is 5.14 Å². The molecule has 0 bridgehead atoms. The van der Waals surface area contributed by atoms with Gasteiger partial charge in [-0.2, -0.15) is 5.10 Å². The predicted molar refractivity (Wildman–Crippen MR) is 38.8 cm³/mol. The molecule has 68 valence electrons. The van der Waals surface area contributed by atoms with Crippen molar-refractivity contribution in [3.63, 3.8) is 0 Å². The molecule has 0 aromatic carbocycles.